The van der Waals surface area contributed by atoms with Crippen LogP contribution < -0.4 is 5.32 Å². The number of aliphatic hydroxyl groups is 1. The lowest BCUT2D eigenvalue weighted by Crippen LogP contribution is -2.33. The van der Waals surface area contributed by atoms with E-state index in [1.54, 1.807) is 0 Å². The third-order valence-corrected chi connectivity index (χ3v) is 2.40. The molecular weight excluding hydrogens is 152 g/mol. The van der Waals surface area contributed by atoms with Crippen molar-refractivity contribution < 1.29 is 5.11 Å². The van der Waals surface area contributed by atoms with Gasteiger partial charge >= 0.3 is 0 Å². The van der Waals surface area contributed by atoms with Crippen LogP contribution in [-0.4, -0.2) is 28.8 Å². The Labute approximate surface area is 71.8 Å². The highest BCUT2D eigenvalue weighted by Gasteiger charge is 2.31. The van der Waals surface area contributed by atoms with E-state index in [-0.39, 0.29) is 0 Å². The van der Waals surface area contributed by atoms with Crippen molar-refractivity contribution in [3.8, 4) is 0 Å². The van der Waals surface area contributed by atoms with Gasteiger partial charge in [0.15, 0.2) is 0 Å². The van der Waals surface area contributed by atoms with E-state index in [4.69, 9.17) is 0 Å². The van der Waals surface area contributed by atoms with E-state index in [1.165, 1.54) is 0 Å². The number of nitrogens with one attached hydrogen (secondary N) is 2. The minimum Gasteiger partial charge on any atom is -0.388 e. The molecule has 3 heteroatoms. The summed E-state index contributed by atoms with van der Waals surface area (Å²) in [5.74, 6) is 0. The van der Waals surface area contributed by atoms with Gasteiger partial charge in [0.1, 0.15) is 0 Å². The summed E-state index contributed by atoms with van der Waals surface area (Å²) < 4.78 is 0. The molecule has 2 heterocycles. The zero-order valence-corrected chi connectivity index (χ0v) is 7.01. The van der Waals surface area contributed by atoms with Crippen molar-refractivity contribution >= 4 is 0 Å². The van der Waals surface area contributed by atoms with Crippen LogP contribution in [0.1, 0.15) is 12.1 Å². The molecule has 1 unspecified atom stereocenters. The highest BCUT2D eigenvalue weighted by Crippen LogP contribution is 2.18. The Kier molecular flexibility index (Phi) is 1.90. The Balaban J connectivity index is 2.02. The second kappa shape index (κ2) is 2.92. The molecule has 12 heavy (non-hydrogen) atoms. The first kappa shape index (κ1) is 7.83. The predicted octanol–water partition coefficient (Wildman–Crippen LogP) is 0.282. The lowest BCUT2D eigenvalue weighted by Gasteiger charge is -2.19. The Bertz CT molecular complexity index is 237. The summed E-state index contributed by atoms with van der Waals surface area (Å²) in [7, 11) is 0. The van der Waals surface area contributed by atoms with Crippen molar-refractivity contribution in [3.63, 3.8) is 0 Å². The molecule has 0 radical (unpaired) electrons. The normalized spacial score (nSPS) is 29.4. The van der Waals surface area contributed by atoms with Crippen LogP contribution in [0.25, 0.3) is 0 Å². The van der Waals surface area contributed by atoms with Crippen LogP contribution >= 0.6 is 0 Å². The van der Waals surface area contributed by atoms with E-state index < -0.39 is 5.60 Å². The van der Waals surface area contributed by atoms with Gasteiger partial charge in [0.25, 0.3) is 0 Å². The minimum absolute atomic E-state index is 0.523. The van der Waals surface area contributed by atoms with Gasteiger partial charge in [-0.25, -0.2) is 0 Å². The summed E-state index contributed by atoms with van der Waals surface area (Å²) in [6.07, 6.45) is 3.47. The first-order valence-electron chi connectivity index (χ1n) is 4.34. The fourth-order valence-electron chi connectivity index (χ4n) is 1.71. The maximum Gasteiger partial charge on any atom is 0.0837 e. The summed E-state index contributed by atoms with van der Waals surface area (Å²) in [6.45, 7) is 1.64. The molecule has 1 atom stereocenters. The third-order valence-electron chi connectivity index (χ3n) is 2.40. The number of aromatic nitrogens is 1. The van der Waals surface area contributed by atoms with E-state index in [1.807, 2.05) is 18.3 Å². The van der Waals surface area contributed by atoms with Crippen LogP contribution in [0.2, 0.25) is 0 Å². The van der Waals surface area contributed by atoms with Gasteiger partial charge in [0, 0.05) is 24.9 Å². The van der Waals surface area contributed by atoms with E-state index in [9.17, 15) is 5.11 Å². The molecule has 1 saturated heterocycles. The second-order valence-corrected chi connectivity index (χ2v) is 3.52. The number of rotatable bonds is 2. The third kappa shape index (κ3) is 1.52. The van der Waals surface area contributed by atoms with Crippen LogP contribution in [0, 0.1) is 0 Å². The highest BCUT2D eigenvalue weighted by atomic mass is 16.3. The van der Waals surface area contributed by atoms with Crippen LogP contribution in [0.15, 0.2) is 18.3 Å². The zero-order chi connectivity index (χ0) is 8.44. The summed E-state index contributed by atoms with van der Waals surface area (Å²) in [5, 5.41) is 13.1. The molecule has 2 rings (SSSR count). The van der Waals surface area contributed by atoms with Gasteiger partial charge in [-0.15, -0.1) is 0 Å². The number of H-pyrrole nitrogens is 1. The van der Waals surface area contributed by atoms with Crippen molar-refractivity contribution in [2.45, 2.75) is 18.4 Å². The fraction of sp³-hybridized carbons (Fsp3) is 0.556. The molecule has 1 aromatic rings. The fourth-order valence-corrected chi connectivity index (χ4v) is 1.71. The lowest BCUT2D eigenvalue weighted by atomic mass is 9.97. The molecule has 0 aliphatic carbocycles. The van der Waals surface area contributed by atoms with Gasteiger partial charge in [-0.2, -0.15) is 0 Å². The molecule has 0 bridgehead atoms. The molecule has 0 saturated carbocycles. The first-order valence-corrected chi connectivity index (χ1v) is 4.34. The zero-order valence-electron chi connectivity index (χ0n) is 7.01. The summed E-state index contributed by atoms with van der Waals surface area (Å²) in [4.78, 5) is 3.10. The molecule has 0 amide bonds. The van der Waals surface area contributed by atoms with E-state index in [2.05, 4.69) is 10.3 Å². The van der Waals surface area contributed by atoms with Gasteiger partial charge < -0.3 is 15.4 Å². The van der Waals surface area contributed by atoms with E-state index >= 15 is 0 Å². The SMILES string of the molecule is OC1(Cc2ccc[nH]2)CCNC1. The second-order valence-electron chi connectivity index (χ2n) is 3.52. The molecule has 1 aliphatic heterocycles. The molecule has 1 aliphatic rings. The van der Waals surface area contributed by atoms with E-state index in [0.29, 0.717) is 6.54 Å². The summed E-state index contributed by atoms with van der Waals surface area (Å²) in [6, 6.07) is 3.97. The van der Waals surface area contributed by atoms with Crippen molar-refractivity contribution in [2.24, 2.45) is 0 Å². The smallest absolute Gasteiger partial charge is 0.0837 e. The quantitative estimate of drug-likeness (QED) is 0.591. The molecule has 1 aromatic heterocycles. The van der Waals surface area contributed by atoms with E-state index in [0.717, 1.165) is 25.1 Å². The minimum atomic E-state index is -0.523. The lowest BCUT2D eigenvalue weighted by molar-refractivity contribution is 0.0610. The molecule has 3 N–H and O–H groups in total. The maximum atomic E-state index is 9.98. The molecule has 66 valence electrons. The van der Waals surface area contributed by atoms with Crippen LogP contribution in [0.3, 0.4) is 0 Å². The van der Waals surface area contributed by atoms with Gasteiger partial charge in [-0.1, -0.05) is 0 Å². The monoisotopic (exact) mass is 166 g/mol. The molecule has 0 aromatic carbocycles. The Morgan fingerprint density at radius 3 is 3.08 bits per heavy atom. The van der Waals surface area contributed by atoms with Crippen molar-refractivity contribution in [1.82, 2.24) is 10.3 Å². The first-order chi connectivity index (χ1) is 5.79. The number of hydrogen-bond acceptors (Lipinski definition) is 2. The van der Waals surface area contributed by atoms with Gasteiger partial charge in [-0.05, 0) is 25.1 Å². The standard InChI is InChI=1S/C9H14N2O/c12-9(3-5-10-7-9)6-8-2-1-4-11-8/h1-2,4,10-12H,3,5-7H2. The number of hydrogen-bond donors (Lipinski definition) is 3. The number of aromatic amines is 1. The molecule has 1 fully saturated rings. The van der Waals surface area contributed by atoms with Gasteiger partial charge in [0.05, 0.1) is 5.60 Å². The topological polar surface area (TPSA) is 48.0 Å². The summed E-state index contributed by atoms with van der Waals surface area (Å²) >= 11 is 0. The summed E-state index contributed by atoms with van der Waals surface area (Å²) in [5.41, 5.74) is 0.589. The molecule has 0 spiro atoms. The van der Waals surface area contributed by atoms with Crippen molar-refractivity contribution in [3.05, 3.63) is 24.0 Å². The van der Waals surface area contributed by atoms with Gasteiger partial charge in [0.2, 0.25) is 0 Å². The predicted molar refractivity (Wildman–Crippen MR) is 46.9 cm³/mol. The average Bonchev–Trinajstić information content (AvgIpc) is 2.62. The highest BCUT2D eigenvalue weighted by molar-refractivity contribution is 5.08. The largest absolute Gasteiger partial charge is 0.388 e. The average molecular weight is 166 g/mol. The van der Waals surface area contributed by atoms with Crippen LogP contribution in [-0.2, 0) is 6.42 Å². The van der Waals surface area contributed by atoms with Crippen LogP contribution in [0.5, 0.6) is 0 Å². The van der Waals surface area contributed by atoms with Crippen LogP contribution in [0.4, 0.5) is 0 Å². The Morgan fingerprint density at radius 2 is 2.50 bits per heavy atom. The molecule has 3 nitrogen and oxygen atoms in total. The molecular formula is C9H14N2O. The number of β-amino-alcohol motifs (C(OH)–C–C–N with tert-alkyl or cyclic N) is 1. The van der Waals surface area contributed by atoms with Crippen molar-refractivity contribution in [2.75, 3.05) is 13.1 Å². The maximum absolute atomic E-state index is 9.98. The Morgan fingerprint density at radius 1 is 1.58 bits per heavy atom. The Hall–Kier alpha value is -0.800. The van der Waals surface area contributed by atoms with Gasteiger partial charge in [-0.3, -0.25) is 0 Å². The van der Waals surface area contributed by atoms with Crippen molar-refractivity contribution in [1.29, 1.82) is 0 Å².